The maximum absolute atomic E-state index is 13.3. The molecule has 6 heteroatoms. The highest BCUT2D eigenvalue weighted by molar-refractivity contribution is 6.30. The van der Waals surface area contributed by atoms with Gasteiger partial charge in [0.15, 0.2) is 0 Å². The molecule has 21 heavy (non-hydrogen) atoms. The van der Waals surface area contributed by atoms with Gasteiger partial charge in [0, 0.05) is 29.7 Å². The Morgan fingerprint density at radius 1 is 1.10 bits per heavy atom. The second kappa shape index (κ2) is 7.04. The third-order valence-electron chi connectivity index (χ3n) is 2.73. The van der Waals surface area contributed by atoms with E-state index in [0.717, 1.165) is 12.1 Å². The molecule has 0 bridgehead atoms. The van der Waals surface area contributed by atoms with Gasteiger partial charge in [0.1, 0.15) is 11.6 Å². The summed E-state index contributed by atoms with van der Waals surface area (Å²) in [7, 11) is 0. The molecule has 0 atom stereocenters. The van der Waals surface area contributed by atoms with E-state index >= 15 is 0 Å². The van der Waals surface area contributed by atoms with Crippen LogP contribution in [0.5, 0.6) is 0 Å². The first-order valence-corrected chi connectivity index (χ1v) is 6.67. The van der Waals surface area contributed by atoms with Gasteiger partial charge >= 0.3 is 0 Å². The van der Waals surface area contributed by atoms with Crippen molar-refractivity contribution in [3.63, 3.8) is 0 Å². The number of amides is 1. The van der Waals surface area contributed by atoms with E-state index < -0.39 is 11.6 Å². The van der Waals surface area contributed by atoms with Gasteiger partial charge in [-0.1, -0.05) is 11.6 Å². The first-order chi connectivity index (χ1) is 10.0. The Morgan fingerprint density at radius 3 is 2.48 bits per heavy atom. The first-order valence-electron chi connectivity index (χ1n) is 6.29. The summed E-state index contributed by atoms with van der Waals surface area (Å²) in [5.41, 5.74) is 0.799. The molecule has 0 heterocycles. The van der Waals surface area contributed by atoms with E-state index in [2.05, 4.69) is 10.6 Å². The van der Waals surface area contributed by atoms with Crippen LogP contribution < -0.4 is 10.6 Å². The van der Waals surface area contributed by atoms with Crippen molar-refractivity contribution in [2.75, 3.05) is 17.2 Å². The highest BCUT2D eigenvalue weighted by Gasteiger charge is 2.05. The summed E-state index contributed by atoms with van der Waals surface area (Å²) in [5.74, 6) is -1.54. The van der Waals surface area contributed by atoms with Crippen molar-refractivity contribution in [1.82, 2.24) is 0 Å². The van der Waals surface area contributed by atoms with Gasteiger partial charge in [-0.15, -0.1) is 0 Å². The Bertz CT molecular complexity index is 632. The molecule has 110 valence electrons. The van der Waals surface area contributed by atoms with Crippen LogP contribution in [-0.4, -0.2) is 12.5 Å². The first kappa shape index (κ1) is 15.3. The Labute approximate surface area is 125 Å². The molecule has 1 amide bonds. The predicted octanol–water partition coefficient (Wildman–Crippen LogP) is 4.06. The van der Waals surface area contributed by atoms with Crippen molar-refractivity contribution in [2.45, 2.75) is 6.42 Å². The number of anilines is 2. The number of halogens is 3. The molecule has 0 aromatic heterocycles. The molecule has 2 aromatic carbocycles. The molecule has 0 aliphatic rings. The summed E-state index contributed by atoms with van der Waals surface area (Å²) in [6.45, 7) is 0.238. The van der Waals surface area contributed by atoms with Crippen molar-refractivity contribution in [2.24, 2.45) is 0 Å². The molecule has 0 aliphatic heterocycles. The highest BCUT2D eigenvalue weighted by Crippen LogP contribution is 2.15. The fourth-order valence-electron chi connectivity index (χ4n) is 1.70. The second-order valence-corrected chi connectivity index (χ2v) is 4.79. The van der Waals surface area contributed by atoms with Crippen LogP contribution in [0.1, 0.15) is 6.42 Å². The van der Waals surface area contributed by atoms with Crippen LogP contribution in [0.2, 0.25) is 5.02 Å². The standard InChI is InChI=1S/C15H13ClF2N2O/c16-10-1-4-12(5-2-10)20-15(21)7-8-19-14-6-3-11(17)9-13(14)18/h1-6,9,19H,7-8H2,(H,20,21). The minimum atomic E-state index is -0.687. The zero-order valence-electron chi connectivity index (χ0n) is 11.0. The van der Waals surface area contributed by atoms with E-state index in [1.54, 1.807) is 24.3 Å². The fraction of sp³-hybridized carbons (Fsp3) is 0.133. The lowest BCUT2D eigenvalue weighted by Crippen LogP contribution is -2.16. The van der Waals surface area contributed by atoms with Crippen LogP contribution in [0.4, 0.5) is 20.2 Å². The largest absolute Gasteiger partial charge is 0.382 e. The molecule has 0 radical (unpaired) electrons. The van der Waals surface area contributed by atoms with Gasteiger partial charge in [-0.25, -0.2) is 8.78 Å². The van der Waals surface area contributed by atoms with Crippen molar-refractivity contribution < 1.29 is 13.6 Å². The number of carbonyl (C=O) groups is 1. The van der Waals surface area contributed by atoms with Gasteiger partial charge < -0.3 is 10.6 Å². The number of nitrogens with one attached hydrogen (secondary N) is 2. The van der Waals surface area contributed by atoms with Crippen molar-refractivity contribution in [3.8, 4) is 0 Å². The molecule has 0 unspecified atom stereocenters. The summed E-state index contributed by atoms with van der Waals surface area (Å²) in [6.07, 6.45) is 0.152. The lowest BCUT2D eigenvalue weighted by atomic mass is 10.2. The SMILES string of the molecule is O=C(CCNc1ccc(F)cc1F)Nc1ccc(Cl)cc1. The van der Waals surface area contributed by atoms with E-state index in [1.807, 2.05) is 0 Å². The quantitative estimate of drug-likeness (QED) is 0.874. The van der Waals surface area contributed by atoms with Gasteiger partial charge in [-0.05, 0) is 36.4 Å². The van der Waals surface area contributed by atoms with Gasteiger partial charge in [0.05, 0.1) is 5.69 Å². The molecule has 2 rings (SSSR count). The number of benzene rings is 2. The molecule has 0 fully saturated rings. The summed E-state index contributed by atoms with van der Waals surface area (Å²) in [4.78, 5) is 11.7. The minimum absolute atomic E-state index is 0.152. The molecular weight excluding hydrogens is 298 g/mol. The summed E-state index contributed by atoms with van der Waals surface area (Å²) < 4.78 is 26.1. The van der Waals surface area contributed by atoms with Gasteiger partial charge in [0.25, 0.3) is 0 Å². The van der Waals surface area contributed by atoms with Crippen molar-refractivity contribution in [3.05, 3.63) is 59.1 Å². The molecule has 0 saturated carbocycles. The molecule has 2 N–H and O–H groups in total. The zero-order valence-corrected chi connectivity index (χ0v) is 11.8. The van der Waals surface area contributed by atoms with Crippen LogP contribution in [0.15, 0.2) is 42.5 Å². The fourth-order valence-corrected chi connectivity index (χ4v) is 1.83. The molecule has 0 aliphatic carbocycles. The lowest BCUT2D eigenvalue weighted by molar-refractivity contribution is -0.115. The molecule has 3 nitrogen and oxygen atoms in total. The van der Waals surface area contributed by atoms with Gasteiger partial charge in [0.2, 0.25) is 5.91 Å². The third kappa shape index (κ3) is 4.72. The average molecular weight is 311 g/mol. The normalized spacial score (nSPS) is 10.2. The van der Waals surface area contributed by atoms with E-state index in [4.69, 9.17) is 11.6 Å². The lowest BCUT2D eigenvalue weighted by Gasteiger charge is -2.08. The minimum Gasteiger partial charge on any atom is -0.382 e. The Hall–Kier alpha value is -2.14. The van der Waals surface area contributed by atoms with E-state index in [1.165, 1.54) is 6.07 Å². The summed E-state index contributed by atoms with van der Waals surface area (Å²) in [5, 5.41) is 6.01. The molecule has 0 spiro atoms. The molecule has 0 saturated heterocycles. The third-order valence-corrected chi connectivity index (χ3v) is 2.98. The van der Waals surface area contributed by atoms with E-state index in [0.29, 0.717) is 10.7 Å². The summed E-state index contributed by atoms with van der Waals surface area (Å²) >= 11 is 5.74. The topological polar surface area (TPSA) is 41.1 Å². The number of carbonyl (C=O) groups excluding carboxylic acids is 1. The summed E-state index contributed by atoms with van der Waals surface area (Å²) in [6, 6.07) is 9.95. The maximum Gasteiger partial charge on any atom is 0.226 e. The van der Waals surface area contributed by atoms with Crippen LogP contribution in [0.3, 0.4) is 0 Å². The molecular formula is C15H13ClF2N2O. The Morgan fingerprint density at radius 2 is 1.81 bits per heavy atom. The number of hydrogen-bond donors (Lipinski definition) is 2. The Balaban J connectivity index is 1.80. The van der Waals surface area contributed by atoms with E-state index in [9.17, 15) is 13.6 Å². The van der Waals surface area contributed by atoms with Crippen LogP contribution in [0, 0.1) is 11.6 Å². The number of rotatable bonds is 5. The molecule has 2 aromatic rings. The maximum atomic E-state index is 13.3. The van der Waals surface area contributed by atoms with Crippen LogP contribution in [0.25, 0.3) is 0 Å². The number of hydrogen-bond acceptors (Lipinski definition) is 2. The van der Waals surface area contributed by atoms with Crippen LogP contribution in [-0.2, 0) is 4.79 Å². The smallest absolute Gasteiger partial charge is 0.226 e. The van der Waals surface area contributed by atoms with Gasteiger partial charge in [-0.2, -0.15) is 0 Å². The van der Waals surface area contributed by atoms with E-state index in [-0.39, 0.29) is 24.6 Å². The zero-order chi connectivity index (χ0) is 15.2. The van der Waals surface area contributed by atoms with Crippen molar-refractivity contribution in [1.29, 1.82) is 0 Å². The predicted molar refractivity (Wildman–Crippen MR) is 79.5 cm³/mol. The monoisotopic (exact) mass is 310 g/mol. The average Bonchev–Trinajstić information content (AvgIpc) is 2.44. The van der Waals surface area contributed by atoms with Gasteiger partial charge in [-0.3, -0.25) is 4.79 Å². The van der Waals surface area contributed by atoms with Crippen molar-refractivity contribution >= 4 is 28.9 Å². The van der Waals surface area contributed by atoms with Crippen LogP contribution >= 0.6 is 11.6 Å². The Kier molecular flexibility index (Phi) is 5.11. The highest BCUT2D eigenvalue weighted by atomic mass is 35.5. The second-order valence-electron chi connectivity index (χ2n) is 4.36.